The molecular weight excluding hydrogens is 244 g/mol. The van der Waals surface area contributed by atoms with Crippen LogP contribution in [0.15, 0.2) is 36.4 Å². The first-order valence-corrected chi connectivity index (χ1v) is 5.94. The van der Waals surface area contributed by atoms with Crippen molar-refractivity contribution in [3.05, 3.63) is 42.0 Å². The molecule has 0 aromatic heterocycles. The zero-order valence-electron chi connectivity index (χ0n) is 11.4. The summed E-state index contributed by atoms with van der Waals surface area (Å²) in [5.74, 6) is 1.00. The monoisotopic (exact) mass is 262 g/mol. The molecule has 19 heavy (non-hydrogen) atoms. The fraction of sp³-hybridized carbons (Fsp3) is 0.267. The van der Waals surface area contributed by atoms with Gasteiger partial charge in [0.25, 0.3) is 0 Å². The molecule has 1 rings (SSSR count). The van der Waals surface area contributed by atoms with E-state index in [0.29, 0.717) is 18.1 Å². The maximum atomic E-state index is 11.1. The van der Waals surface area contributed by atoms with Crippen LogP contribution in [-0.4, -0.2) is 26.8 Å². The summed E-state index contributed by atoms with van der Waals surface area (Å²) in [6.07, 6.45) is 6.63. The average Bonchev–Trinajstić information content (AvgIpc) is 2.43. The summed E-state index contributed by atoms with van der Waals surface area (Å²) in [5, 5.41) is 0. The summed E-state index contributed by atoms with van der Waals surface area (Å²) in [6, 6.07) is 5.58. The van der Waals surface area contributed by atoms with Gasteiger partial charge >= 0.3 is 5.97 Å². The topological polar surface area (TPSA) is 44.8 Å². The van der Waals surface area contributed by atoms with E-state index in [1.54, 1.807) is 33.3 Å². The van der Waals surface area contributed by atoms with Gasteiger partial charge in [-0.15, -0.1) is 0 Å². The van der Waals surface area contributed by atoms with Crippen LogP contribution in [0.1, 0.15) is 12.5 Å². The number of esters is 1. The minimum atomic E-state index is -0.348. The van der Waals surface area contributed by atoms with Crippen molar-refractivity contribution in [3.63, 3.8) is 0 Å². The quantitative estimate of drug-likeness (QED) is 0.449. The first-order valence-electron chi connectivity index (χ1n) is 5.94. The van der Waals surface area contributed by atoms with Gasteiger partial charge in [-0.05, 0) is 24.6 Å². The lowest BCUT2D eigenvalue weighted by Crippen LogP contribution is -1.98. The minimum absolute atomic E-state index is 0.348. The molecule has 0 N–H and O–H groups in total. The van der Waals surface area contributed by atoms with E-state index in [1.807, 2.05) is 24.3 Å². The Hall–Kier alpha value is -2.23. The molecule has 1 aromatic rings. The molecule has 0 aliphatic rings. The van der Waals surface area contributed by atoms with E-state index < -0.39 is 0 Å². The van der Waals surface area contributed by atoms with E-state index in [0.717, 1.165) is 5.56 Å². The highest BCUT2D eigenvalue weighted by atomic mass is 16.5. The Morgan fingerprint density at radius 1 is 1.16 bits per heavy atom. The summed E-state index contributed by atoms with van der Waals surface area (Å²) in [6.45, 7) is 2.15. The first-order chi connectivity index (χ1) is 9.21. The van der Waals surface area contributed by atoms with Crippen molar-refractivity contribution >= 4 is 12.0 Å². The largest absolute Gasteiger partial charge is 0.493 e. The average molecular weight is 262 g/mol. The highest BCUT2D eigenvalue weighted by molar-refractivity contribution is 5.82. The lowest BCUT2D eigenvalue weighted by Gasteiger charge is -2.07. The van der Waals surface area contributed by atoms with Crippen LogP contribution in [0.5, 0.6) is 11.5 Å². The van der Waals surface area contributed by atoms with Gasteiger partial charge in [0.2, 0.25) is 0 Å². The van der Waals surface area contributed by atoms with Gasteiger partial charge in [0, 0.05) is 6.08 Å². The molecule has 0 saturated carbocycles. The first kappa shape index (κ1) is 14.8. The smallest absolute Gasteiger partial charge is 0.330 e. The molecule has 1 aromatic carbocycles. The zero-order chi connectivity index (χ0) is 14.1. The number of methoxy groups -OCH3 is 2. The molecular formula is C15H18O4. The molecule has 0 amide bonds. The van der Waals surface area contributed by atoms with E-state index in [-0.39, 0.29) is 5.97 Å². The molecule has 0 saturated heterocycles. The summed E-state index contributed by atoms with van der Waals surface area (Å²) < 4.78 is 15.1. The third kappa shape index (κ3) is 4.87. The van der Waals surface area contributed by atoms with Crippen LogP contribution in [-0.2, 0) is 9.53 Å². The Bertz CT molecular complexity index is 475. The van der Waals surface area contributed by atoms with E-state index in [9.17, 15) is 4.79 Å². The van der Waals surface area contributed by atoms with Gasteiger partial charge in [-0.3, -0.25) is 0 Å². The van der Waals surface area contributed by atoms with E-state index in [4.69, 9.17) is 14.2 Å². The maximum absolute atomic E-state index is 11.1. The van der Waals surface area contributed by atoms with Crippen LogP contribution < -0.4 is 9.47 Å². The Morgan fingerprint density at radius 2 is 1.89 bits per heavy atom. The second kappa shape index (κ2) is 7.97. The van der Waals surface area contributed by atoms with Crippen molar-refractivity contribution in [2.45, 2.75) is 6.92 Å². The Morgan fingerprint density at radius 3 is 2.53 bits per heavy atom. The van der Waals surface area contributed by atoms with Crippen molar-refractivity contribution in [1.82, 2.24) is 0 Å². The highest BCUT2D eigenvalue weighted by Gasteiger charge is 2.02. The Labute approximate surface area is 113 Å². The van der Waals surface area contributed by atoms with Crippen LogP contribution in [0.3, 0.4) is 0 Å². The maximum Gasteiger partial charge on any atom is 0.330 e. The van der Waals surface area contributed by atoms with E-state index in [2.05, 4.69) is 0 Å². The van der Waals surface area contributed by atoms with Crippen LogP contribution >= 0.6 is 0 Å². The van der Waals surface area contributed by atoms with Crippen molar-refractivity contribution < 1.29 is 19.0 Å². The number of carbonyl (C=O) groups is 1. The van der Waals surface area contributed by atoms with Crippen molar-refractivity contribution in [2.24, 2.45) is 0 Å². The van der Waals surface area contributed by atoms with Crippen LogP contribution in [0, 0.1) is 0 Å². The van der Waals surface area contributed by atoms with Crippen LogP contribution in [0.25, 0.3) is 6.08 Å². The molecule has 0 atom stereocenters. The van der Waals surface area contributed by atoms with Gasteiger partial charge < -0.3 is 14.2 Å². The van der Waals surface area contributed by atoms with Crippen molar-refractivity contribution in [3.8, 4) is 11.5 Å². The molecule has 0 unspecified atom stereocenters. The van der Waals surface area contributed by atoms with Crippen LogP contribution in [0.4, 0.5) is 0 Å². The SMILES string of the molecule is CCOC(=O)/C=C/C=C/c1ccc(OC)c(OC)c1. The fourth-order valence-corrected chi connectivity index (χ4v) is 1.45. The lowest BCUT2D eigenvalue weighted by atomic mass is 10.2. The molecule has 0 radical (unpaired) electrons. The van der Waals surface area contributed by atoms with Gasteiger partial charge in [0.05, 0.1) is 20.8 Å². The molecule has 0 aliphatic heterocycles. The predicted octanol–water partition coefficient (Wildman–Crippen LogP) is 2.84. The van der Waals surface area contributed by atoms with Gasteiger partial charge in [0.15, 0.2) is 11.5 Å². The second-order valence-electron chi connectivity index (χ2n) is 3.58. The summed E-state index contributed by atoms with van der Waals surface area (Å²) in [7, 11) is 3.18. The van der Waals surface area contributed by atoms with Gasteiger partial charge in [0.1, 0.15) is 0 Å². The third-order valence-corrected chi connectivity index (χ3v) is 2.33. The van der Waals surface area contributed by atoms with Gasteiger partial charge in [-0.2, -0.15) is 0 Å². The number of ether oxygens (including phenoxy) is 3. The number of allylic oxidation sites excluding steroid dienone is 2. The number of rotatable bonds is 6. The summed E-state index contributed by atoms with van der Waals surface area (Å²) in [5.41, 5.74) is 0.950. The molecule has 0 fully saturated rings. The zero-order valence-corrected chi connectivity index (χ0v) is 11.4. The van der Waals surface area contributed by atoms with Gasteiger partial charge in [-0.25, -0.2) is 4.79 Å². The molecule has 0 heterocycles. The van der Waals surface area contributed by atoms with Gasteiger partial charge in [-0.1, -0.05) is 24.3 Å². The second-order valence-corrected chi connectivity index (χ2v) is 3.58. The Kier molecular flexibility index (Phi) is 6.22. The summed E-state index contributed by atoms with van der Waals surface area (Å²) in [4.78, 5) is 11.1. The third-order valence-electron chi connectivity index (χ3n) is 2.33. The van der Waals surface area contributed by atoms with Crippen LogP contribution in [0.2, 0.25) is 0 Å². The van der Waals surface area contributed by atoms with E-state index >= 15 is 0 Å². The molecule has 0 aliphatic carbocycles. The number of carbonyl (C=O) groups excluding carboxylic acids is 1. The Balaban J connectivity index is 2.69. The van der Waals surface area contributed by atoms with Crippen molar-refractivity contribution in [2.75, 3.05) is 20.8 Å². The number of hydrogen-bond donors (Lipinski definition) is 0. The standard InChI is InChI=1S/C15H18O4/c1-4-19-15(16)8-6-5-7-12-9-10-13(17-2)14(11-12)18-3/h5-11H,4H2,1-3H3/b7-5+,8-6+. The van der Waals surface area contributed by atoms with Crippen molar-refractivity contribution in [1.29, 1.82) is 0 Å². The number of benzene rings is 1. The summed E-state index contributed by atoms with van der Waals surface area (Å²) >= 11 is 0. The molecule has 4 heteroatoms. The number of hydrogen-bond acceptors (Lipinski definition) is 4. The van der Waals surface area contributed by atoms with E-state index in [1.165, 1.54) is 6.08 Å². The predicted molar refractivity (Wildman–Crippen MR) is 74.4 cm³/mol. The fourth-order valence-electron chi connectivity index (χ4n) is 1.45. The highest BCUT2D eigenvalue weighted by Crippen LogP contribution is 2.27. The lowest BCUT2D eigenvalue weighted by molar-refractivity contribution is -0.137. The molecule has 0 bridgehead atoms. The molecule has 4 nitrogen and oxygen atoms in total. The molecule has 102 valence electrons. The normalized spacial score (nSPS) is 10.9. The molecule has 0 spiro atoms. The minimum Gasteiger partial charge on any atom is -0.493 e.